The average Bonchev–Trinajstić information content (AvgIpc) is 2.65. The van der Waals surface area contributed by atoms with Crippen LogP contribution in [0.15, 0.2) is 18.3 Å². The van der Waals surface area contributed by atoms with E-state index < -0.39 is 0 Å². The van der Waals surface area contributed by atoms with Crippen molar-refractivity contribution in [3.8, 4) is 0 Å². The zero-order valence-electron chi connectivity index (χ0n) is 10.6. The molecule has 0 radical (unpaired) electrons. The van der Waals surface area contributed by atoms with Crippen LogP contribution in [0.2, 0.25) is 0 Å². The normalized spacial score (nSPS) is 17.4. The highest BCUT2D eigenvalue weighted by Gasteiger charge is 2.14. The molecule has 1 unspecified atom stereocenters. The maximum Gasteiger partial charge on any atom is 0.0625 e. The molecule has 1 atom stereocenters. The van der Waals surface area contributed by atoms with Crippen molar-refractivity contribution in [1.82, 2.24) is 4.98 Å². The molecule has 1 aliphatic rings. The number of benzene rings is 1. The molecule has 0 bridgehead atoms. The molecule has 0 saturated heterocycles. The maximum atomic E-state index is 9.21. The average molecular weight is 244 g/mol. The van der Waals surface area contributed by atoms with Gasteiger partial charge in [-0.1, -0.05) is 6.42 Å². The van der Waals surface area contributed by atoms with Crippen LogP contribution in [0.25, 0.3) is 10.9 Å². The number of aliphatic hydroxyl groups is 1. The van der Waals surface area contributed by atoms with Gasteiger partial charge in [0.2, 0.25) is 0 Å². The lowest BCUT2D eigenvalue weighted by atomic mass is 9.98. The van der Waals surface area contributed by atoms with Gasteiger partial charge in [-0.3, -0.25) is 0 Å². The van der Waals surface area contributed by atoms with Gasteiger partial charge >= 0.3 is 0 Å². The molecule has 1 aromatic carbocycles. The third-order valence-electron chi connectivity index (χ3n) is 4.02. The highest BCUT2D eigenvalue weighted by Crippen LogP contribution is 2.29. The van der Waals surface area contributed by atoms with Crippen molar-refractivity contribution < 1.29 is 5.11 Å². The molecular formula is C15H20N2O. The summed E-state index contributed by atoms with van der Waals surface area (Å²) in [6, 6.07) is 4.25. The summed E-state index contributed by atoms with van der Waals surface area (Å²) in [5.41, 5.74) is 11.1. The quantitative estimate of drug-likeness (QED) is 0.710. The zero-order valence-corrected chi connectivity index (χ0v) is 10.6. The van der Waals surface area contributed by atoms with E-state index in [0.29, 0.717) is 0 Å². The number of rotatable bonds is 2. The highest BCUT2D eigenvalue weighted by molar-refractivity contribution is 5.85. The van der Waals surface area contributed by atoms with Crippen molar-refractivity contribution in [2.24, 2.45) is 5.73 Å². The molecule has 1 aromatic heterocycles. The Morgan fingerprint density at radius 1 is 1.17 bits per heavy atom. The molecule has 0 aliphatic heterocycles. The first-order valence-electron chi connectivity index (χ1n) is 6.79. The Labute approximate surface area is 107 Å². The van der Waals surface area contributed by atoms with Crippen molar-refractivity contribution in [3.05, 3.63) is 35.0 Å². The van der Waals surface area contributed by atoms with Crippen molar-refractivity contribution in [2.45, 2.75) is 38.1 Å². The Hall–Kier alpha value is -1.32. The highest BCUT2D eigenvalue weighted by atomic mass is 16.3. The molecular weight excluding hydrogens is 224 g/mol. The van der Waals surface area contributed by atoms with Gasteiger partial charge in [0.1, 0.15) is 0 Å². The van der Waals surface area contributed by atoms with Crippen LogP contribution in [0.3, 0.4) is 0 Å². The molecule has 1 aliphatic carbocycles. The topological polar surface area (TPSA) is 62.0 Å². The fraction of sp³-hybridized carbons (Fsp3) is 0.467. The van der Waals surface area contributed by atoms with Gasteiger partial charge in [0.25, 0.3) is 0 Å². The van der Waals surface area contributed by atoms with E-state index in [1.165, 1.54) is 48.6 Å². The Morgan fingerprint density at radius 2 is 1.89 bits per heavy atom. The number of nitrogens with one attached hydrogen (secondary N) is 1. The third-order valence-corrected chi connectivity index (χ3v) is 4.02. The van der Waals surface area contributed by atoms with Gasteiger partial charge in [-0.05, 0) is 54.5 Å². The summed E-state index contributed by atoms with van der Waals surface area (Å²) in [7, 11) is 0. The first-order valence-corrected chi connectivity index (χ1v) is 6.79. The summed E-state index contributed by atoms with van der Waals surface area (Å²) < 4.78 is 0. The maximum absolute atomic E-state index is 9.21. The van der Waals surface area contributed by atoms with Crippen molar-refractivity contribution in [1.29, 1.82) is 0 Å². The summed E-state index contributed by atoms with van der Waals surface area (Å²) in [5.74, 6) is 0. The molecule has 0 amide bonds. The van der Waals surface area contributed by atoms with E-state index in [9.17, 15) is 5.11 Å². The van der Waals surface area contributed by atoms with Crippen molar-refractivity contribution in [2.75, 3.05) is 6.61 Å². The van der Waals surface area contributed by atoms with Gasteiger partial charge in [0.15, 0.2) is 0 Å². The Bertz CT molecular complexity index is 559. The van der Waals surface area contributed by atoms with E-state index in [0.717, 1.165) is 11.1 Å². The first kappa shape index (κ1) is 11.8. The van der Waals surface area contributed by atoms with Crippen molar-refractivity contribution in [3.63, 3.8) is 0 Å². The minimum absolute atomic E-state index is 0.00988. The fourth-order valence-corrected chi connectivity index (χ4v) is 2.96. The third kappa shape index (κ3) is 1.93. The largest absolute Gasteiger partial charge is 0.394 e. The number of hydrogen-bond donors (Lipinski definition) is 3. The molecule has 96 valence electrons. The Morgan fingerprint density at radius 3 is 2.61 bits per heavy atom. The van der Waals surface area contributed by atoms with Crippen LogP contribution in [-0.2, 0) is 12.8 Å². The molecule has 3 nitrogen and oxygen atoms in total. The van der Waals surface area contributed by atoms with E-state index in [1.54, 1.807) is 0 Å². The van der Waals surface area contributed by atoms with Crippen LogP contribution in [0.1, 0.15) is 42.0 Å². The van der Waals surface area contributed by atoms with Crippen LogP contribution in [0, 0.1) is 0 Å². The van der Waals surface area contributed by atoms with Gasteiger partial charge in [0.05, 0.1) is 12.6 Å². The fourth-order valence-electron chi connectivity index (χ4n) is 2.96. The number of aromatic amines is 1. The lowest BCUT2D eigenvalue weighted by molar-refractivity contribution is 0.268. The number of aryl methyl sites for hydroxylation is 2. The monoisotopic (exact) mass is 244 g/mol. The standard InChI is InChI=1S/C15H20N2O/c16-14(9-18)13-8-17-15-7-11-5-3-1-2-4-10(11)6-12(13)15/h6-8,14,17-18H,1-5,9,16H2. The predicted octanol–water partition coefficient (Wildman–Crippen LogP) is 2.43. The number of aliphatic hydroxyl groups excluding tert-OH is 1. The number of hydrogen-bond acceptors (Lipinski definition) is 2. The number of aromatic nitrogens is 1. The summed E-state index contributed by atoms with van der Waals surface area (Å²) >= 11 is 0. The summed E-state index contributed by atoms with van der Waals surface area (Å²) in [6.45, 7) is -0.00988. The Balaban J connectivity index is 2.12. The molecule has 0 fully saturated rings. The van der Waals surface area contributed by atoms with Crippen LogP contribution in [0.4, 0.5) is 0 Å². The van der Waals surface area contributed by atoms with Gasteiger partial charge in [-0.2, -0.15) is 0 Å². The van der Waals surface area contributed by atoms with Crippen LogP contribution in [0.5, 0.6) is 0 Å². The van der Waals surface area contributed by atoms with E-state index >= 15 is 0 Å². The second-order valence-corrected chi connectivity index (χ2v) is 5.26. The van der Waals surface area contributed by atoms with Crippen LogP contribution < -0.4 is 5.73 Å². The van der Waals surface area contributed by atoms with Crippen molar-refractivity contribution >= 4 is 10.9 Å². The molecule has 4 N–H and O–H groups in total. The van der Waals surface area contributed by atoms with Gasteiger partial charge in [0, 0.05) is 17.1 Å². The molecule has 18 heavy (non-hydrogen) atoms. The predicted molar refractivity (Wildman–Crippen MR) is 73.6 cm³/mol. The molecule has 3 heteroatoms. The molecule has 0 spiro atoms. The van der Waals surface area contributed by atoms with E-state index in [2.05, 4.69) is 17.1 Å². The minimum atomic E-state index is -0.289. The minimum Gasteiger partial charge on any atom is -0.394 e. The van der Waals surface area contributed by atoms with Gasteiger partial charge in [-0.25, -0.2) is 0 Å². The Kier molecular flexibility index (Phi) is 3.10. The molecule has 2 aromatic rings. The zero-order chi connectivity index (χ0) is 12.5. The summed E-state index contributed by atoms with van der Waals surface area (Å²) in [4.78, 5) is 3.28. The number of H-pyrrole nitrogens is 1. The molecule has 0 saturated carbocycles. The summed E-state index contributed by atoms with van der Waals surface area (Å²) in [5, 5.41) is 10.4. The van der Waals surface area contributed by atoms with E-state index in [4.69, 9.17) is 5.73 Å². The van der Waals surface area contributed by atoms with Gasteiger partial charge < -0.3 is 15.8 Å². The lowest BCUT2D eigenvalue weighted by Crippen LogP contribution is -2.13. The number of nitrogens with two attached hydrogens (primary N) is 1. The second-order valence-electron chi connectivity index (χ2n) is 5.26. The lowest BCUT2D eigenvalue weighted by Gasteiger charge is -2.09. The first-order chi connectivity index (χ1) is 8.79. The smallest absolute Gasteiger partial charge is 0.0625 e. The molecule has 1 heterocycles. The summed E-state index contributed by atoms with van der Waals surface area (Å²) in [6.07, 6.45) is 8.19. The van der Waals surface area contributed by atoms with Gasteiger partial charge in [-0.15, -0.1) is 0 Å². The SMILES string of the molecule is NC(CO)c1c[nH]c2cc3c(cc12)CCCCC3. The molecule has 3 rings (SSSR count). The van der Waals surface area contributed by atoms with E-state index in [-0.39, 0.29) is 12.6 Å². The van der Waals surface area contributed by atoms with Crippen LogP contribution in [-0.4, -0.2) is 16.7 Å². The van der Waals surface area contributed by atoms with Crippen LogP contribution >= 0.6 is 0 Å². The number of fused-ring (bicyclic) bond motifs is 2. The van der Waals surface area contributed by atoms with E-state index in [1.807, 2.05) is 6.20 Å². The second kappa shape index (κ2) is 4.75.